The van der Waals surface area contributed by atoms with E-state index in [1.54, 1.807) is 4.90 Å². The lowest BCUT2D eigenvalue weighted by molar-refractivity contribution is -0.123. The molecular formula is C16H22N4O4S. The fourth-order valence-electron chi connectivity index (χ4n) is 3.27. The molecule has 0 spiro atoms. The molecule has 1 atom stereocenters. The third kappa shape index (κ3) is 3.77. The topological polar surface area (TPSA) is 104 Å². The van der Waals surface area contributed by atoms with Crippen molar-refractivity contribution in [3.8, 4) is 0 Å². The first-order valence-corrected chi connectivity index (χ1v) is 10.0. The third-order valence-corrected chi connectivity index (χ3v) is 6.06. The molecule has 2 fully saturated rings. The number of piperazine rings is 1. The number of benzene rings is 1. The van der Waals surface area contributed by atoms with E-state index in [9.17, 15) is 18.0 Å². The Labute approximate surface area is 147 Å². The van der Waals surface area contributed by atoms with Gasteiger partial charge in [0.05, 0.1) is 12.2 Å². The zero-order chi connectivity index (χ0) is 18.2. The van der Waals surface area contributed by atoms with Crippen LogP contribution in [0.4, 0.5) is 11.4 Å². The molecule has 9 heteroatoms. The molecule has 2 heterocycles. The SMILES string of the molecule is CS(=O)(=O)N1CCN(c2ccc(N3C[C@@H](C(N)=O)CC3=O)cc2)CC1. The van der Waals surface area contributed by atoms with Gasteiger partial charge in [0, 0.05) is 50.5 Å². The van der Waals surface area contributed by atoms with E-state index in [0.29, 0.717) is 32.7 Å². The van der Waals surface area contributed by atoms with E-state index in [-0.39, 0.29) is 12.3 Å². The number of hydrogen-bond acceptors (Lipinski definition) is 5. The molecule has 1 aromatic rings. The van der Waals surface area contributed by atoms with Crippen molar-refractivity contribution in [1.82, 2.24) is 4.31 Å². The molecule has 25 heavy (non-hydrogen) atoms. The zero-order valence-electron chi connectivity index (χ0n) is 14.1. The van der Waals surface area contributed by atoms with Crippen LogP contribution in [0, 0.1) is 5.92 Å². The summed E-state index contributed by atoms with van der Waals surface area (Å²) < 4.78 is 24.6. The zero-order valence-corrected chi connectivity index (χ0v) is 14.9. The number of carbonyl (C=O) groups excluding carboxylic acids is 2. The number of rotatable bonds is 4. The van der Waals surface area contributed by atoms with Crippen LogP contribution in [0.1, 0.15) is 6.42 Å². The second kappa shape index (κ2) is 6.64. The highest BCUT2D eigenvalue weighted by Gasteiger charge is 2.34. The van der Waals surface area contributed by atoms with Crippen molar-refractivity contribution in [2.45, 2.75) is 6.42 Å². The average Bonchev–Trinajstić information content (AvgIpc) is 2.96. The Morgan fingerprint density at radius 1 is 1.08 bits per heavy atom. The number of primary amides is 1. The minimum absolute atomic E-state index is 0.0988. The molecule has 0 aliphatic carbocycles. The van der Waals surface area contributed by atoms with Gasteiger partial charge in [0.15, 0.2) is 0 Å². The average molecular weight is 366 g/mol. The summed E-state index contributed by atoms with van der Waals surface area (Å²) in [5.74, 6) is -0.981. The number of nitrogens with two attached hydrogens (primary N) is 1. The molecule has 0 saturated carbocycles. The first-order chi connectivity index (χ1) is 11.8. The van der Waals surface area contributed by atoms with E-state index in [4.69, 9.17) is 5.73 Å². The monoisotopic (exact) mass is 366 g/mol. The highest BCUT2D eigenvalue weighted by molar-refractivity contribution is 7.88. The molecule has 2 N–H and O–H groups in total. The Morgan fingerprint density at radius 2 is 1.64 bits per heavy atom. The summed E-state index contributed by atoms with van der Waals surface area (Å²) in [6.07, 6.45) is 1.38. The maximum atomic E-state index is 12.1. The van der Waals surface area contributed by atoms with Crippen molar-refractivity contribution in [2.24, 2.45) is 11.7 Å². The van der Waals surface area contributed by atoms with Crippen LogP contribution in [-0.4, -0.2) is 63.5 Å². The maximum Gasteiger partial charge on any atom is 0.227 e. The van der Waals surface area contributed by atoms with Gasteiger partial charge >= 0.3 is 0 Å². The van der Waals surface area contributed by atoms with Gasteiger partial charge in [0.25, 0.3) is 0 Å². The highest BCUT2D eigenvalue weighted by Crippen LogP contribution is 2.27. The van der Waals surface area contributed by atoms with E-state index in [0.717, 1.165) is 11.4 Å². The van der Waals surface area contributed by atoms with Gasteiger partial charge in [-0.05, 0) is 24.3 Å². The Morgan fingerprint density at radius 3 is 2.12 bits per heavy atom. The number of nitrogens with zero attached hydrogens (tertiary/aromatic N) is 3. The summed E-state index contributed by atoms with van der Waals surface area (Å²) in [6.45, 7) is 2.50. The molecule has 2 amide bonds. The molecule has 2 saturated heterocycles. The Bertz CT molecular complexity index is 770. The lowest BCUT2D eigenvalue weighted by Crippen LogP contribution is -2.48. The van der Waals surface area contributed by atoms with Crippen LogP contribution in [0.2, 0.25) is 0 Å². The van der Waals surface area contributed by atoms with Crippen molar-refractivity contribution in [2.75, 3.05) is 48.8 Å². The van der Waals surface area contributed by atoms with Gasteiger partial charge in [-0.15, -0.1) is 0 Å². The van der Waals surface area contributed by atoms with Crippen molar-refractivity contribution >= 4 is 33.2 Å². The van der Waals surface area contributed by atoms with Gasteiger partial charge in [-0.25, -0.2) is 8.42 Å². The van der Waals surface area contributed by atoms with Crippen LogP contribution in [0.3, 0.4) is 0 Å². The second-order valence-electron chi connectivity index (χ2n) is 6.47. The van der Waals surface area contributed by atoms with Gasteiger partial charge in [-0.2, -0.15) is 4.31 Å². The van der Waals surface area contributed by atoms with E-state index in [2.05, 4.69) is 4.90 Å². The lowest BCUT2D eigenvalue weighted by atomic mass is 10.1. The summed E-state index contributed by atoms with van der Waals surface area (Å²) in [5, 5.41) is 0. The number of carbonyl (C=O) groups is 2. The van der Waals surface area contributed by atoms with Crippen molar-refractivity contribution < 1.29 is 18.0 Å². The quantitative estimate of drug-likeness (QED) is 0.781. The summed E-state index contributed by atoms with van der Waals surface area (Å²) in [4.78, 5) is 27.0. The fraction of sp³-hybridized carbons (Fsp3) is 0.500. The van der Waals surface area contributed by atoms with Crippen LogP contribution >= 0.6 is 0 Å². The lowest BCUT2D eigenvalue weighted by Gasteiger charge is -2.34. The molecule has 1 aromatic carbocycles. The van der Waals surface area contributed by atoms with Crippen LogP contribution in [0.5, 0.6) is 0 Å². The van der Waals surface area contributed by atoms with Gasteiger partial charge < -0.3 is 15.5 Å². The van der Waals surface area contributed by atoms with Gasteiger partial charge in [-0.3, -0.25) is 9.59 Å². The standard InChI is InChI=1S/C16H22N4O4S/c1-25(23,24)19-8-6-18(7-9-19)13-2-4-14(5-3-13)20-11-12(16(17)22)10-15(20)21/h2-5,12H,6-11H2,1H3,(H2,17,22)/t12-/m0/s1. The molecule has 8 nitrogen and oxygen atoms in total. The van der Waals surface area contributed by atoms with Gasteiger partial charge in [-0.1, -0.05) is 0 Å². The molecule has 0 unspecified atom stereocenters. The molecular weight excluding hydrogens is 344 g/mol. The highest BCUT2D eigenvalue weighted by atomic mass is 32.2. The first-order valence-electron chi connectivity index (χ1n) is 8.15. The van der Waals surface area contributed by atoms with Crippen LogP contribution < -0.4 is 15.5 Å². The Kier molecular flexibility index (Phi) is 4.70. The molecule has 3 rings (SSSR count). The smallest absolute Gasteiger partial charge is 0.227 e. The van der Waals surface area contributed by atoms with Crippen molar-refractivity contribution in [3.63, 3.8) is 0 Å². The summed E-state index contributed by atoms with van der Waals surface area (Å²) >= 11 is 0. The predicted molar refractivity (Wildman–Crippen MR) is 94.7 cm³/mol. The number of hydrogen-bond donors (Lipinski definition) is 1. The van der Waals surface area contributed by atoms with Crippen LogP contribution in [0.15, 0.2) is 24.3 Å². The maximum absolute atomic E-state index is 12.1. The first kappa shape index (κ1) is 17.7. The number of anilines is 2. The molecule has 2 aliphatic rings. The third-order valence-electron chi connectivity index (χ3n) is 4.76. The van der Waals surface area contributed by atoms with Gasteiger partial charge in [0.1, 0.15) is 0 Å². The molecule has 0 aromatic heterocycles. The van der Waals surface area contributed by atoms with Gasteiger partial charge in [0.2, 0.25) is 21.8 Å². The Balaban J connectivity index is 1.66. The molecule has 136 valence electrons. The van der Waals surface area contributed by atoms with Crippen molar-refractivity contribution in [1.29, 1.82) is 0 Å². The number of amides is 2. The van der Waals surface area contributed by atoms with E-state index >= 15 is 0 Å². The van der Waals surface area contributed by atoms with Crippen LogP contribution in [-0.2, 0) is 19.6 Å². The number of sulfonamides is 1. The minimum Gasteiger partial charge on any atom is -0.369 e. The van der Waals surface area contributed by atoms with E-state index in [1.807, 2.05) is 24.3 Å². The minimum atomic E-state index is -3.14. The van der Waals surface area contributed by atoms with Crippen molar-refractivity contribution in [3.05, 3.63) is 24.3 Å². The Hall–Kier alpha value is -2.13. The normalized spacial score (nSPS) is 22.4. The summed E-state index contributed by atoms with van der Waals surface area (Å²) in [5.41, 5.74) is 7.02. The fourth-order valence-corrected chi connectivity index (χ4v) is 4.10. The summed E-state index contributed by atoms with van der Waals surface area (Å²) in [7, 11) is -3.14. The van der Waals surface area contributed by atoms with E-state index < -0.39 is 21.8 Å². The summed E-state index contributed by atoms with van der Waals surface area (Å²) in [6, 6.07) is 7.52. The van der Waals surface area contributed by atoms with Crippen LogP contribution in [0.25, 0.3) is 0 Å². The second-order valence-corrected chi connectivity index (χ2v) is 8.46. The molecule has 0 bridgehead atoms. The van der Waals surface area contributed by atoms with E-state index in [1.165, 1.54) is 10.6 Å². The largest absolute Gasteiger partial charge is 0.369 e. The predicted octanol–water partition coefficient (Wildman–Crippen LogP) is -0.394. The molecule has 0 radical (unpaired) electrons. The molecule has 2 aliphatic heterocycles.